The van der Waals surface area contributed by atoms with E-state index >= 15 is 0 Å². The molecule has 1 fully saturated rings. The Bertz CT molecular complexity index is 713. The maximum atomic E-state index is 12.8. The Hall–Kier alpha value is -2.50. The molecule has 128 valence electrons. The van der Waals surface area contributed by atoms with E-state index in [1.807, 2.05) is 30.3 Å². The Morgan fingerprint density at radius 1 is 1.21 bits per heavy atom. The lowest BCUT2D eigenvalue weighted by Crippen LogP contribution is -2.73. The van der Waals surface area contributed by atoms with E-state index < -0.39 is 17.1 Å². The van der Waals surface area contributed by atoms with Crippen LogP contribution in [0.15, 0.2) is 41.9 Å². The van der Waals surface area contributed by atoms with Crippen LogP contribution >= 0.6 is 0 Å². The Morgan fingerprint density at radius 3 is 2.46 bits per heavy atom. The number of likely N-dealkylation sites (tertiary alicyclic amines) is 1. The molecule has 2 atom stereocenters. The van der Waals surface area contributed by atoms with E-state index in [0.29, 0.717) is 6.61 Å². The maximum absolute atomic E-state index is 12.8. The van der Waals surface area contributed by atoms with Crippen LogP contribution in [0.5, 0.6) is 0 Å². The molecule has 24 heavy (non-hydrogen) atoms. The van der Waals surface area contributed by atoms with Crippen LogP contribution in [0, 0.1) is 5.41 Å². The van der Waals surface area contributed by atoms with Gasteiger partial charge < -0.3 is 19.1 Å². The van der Waals surface area contributed by atoms with Crippen molar-refractivity contribution in [3.8, 4) is 0 Å². The predicted octanol–water partition coefficient (Wildman–Crippen LogP) is 2.16. The number of carbonyl (C=O) groups is 2. The number of hydrogen-bond donors (Lipinski definition) is 0. The molecule has 0 spiro atoms. The van der Waals surface area contributed by atoms with Gasteiger partial charge in [-0.05, 0) is 20.8 Å². The van der Waals surface area contributed by atoms with E-state index in [1.165, 1.54) is 4.90 Å². The Labute approximate surface area is 141 Å². The van der Waals surface area contributed by atoms with Crippen molar-refractivity contribution < 1.29 is 23.8 Å². The summed E-state index contributed by atoms with van der Waals surface area (Å²) in [4.78, 5) is 26.8. The topological polar surface area (TPSA) is 65.1 Å². The molecule has 0 aliphatic carbocycles. The molecule has 1 aromatic carbocycles. The van der Waals surface area contributed by atoms with Crippen molar-refractivity contribution in [1.82, 2.24) is 4.90 Å². The van der Waals surface area contributed by atoms with E-state index in [0.717, 1.165) is 5.56 Å². The quantitative estimate of drug-likeness (QED) is 0.611. The first-order valence-corrected chi connectivity index (χ1v) is 8.02. The third-order valence-corrected chi connectivity index (χ3v) is 4.75. The van der Waals surface area contributed by atoms with Crippen molar-refractivity contribution in [2.45, 2.75) is 26.5 Å². The average molecular weight is 331 g/mol. The van der Waals surface area contributed by atoms with Crippen LogP contribution < -0.4 is 0 Å². The number of amides is 1. The molecule has 2 aliphatic rings. The zero-order valence-corrected chi connectivity index (χ0v) is 14.3. The second kappa shape index (κ2) is 5.54. The standard InChI is InChI=1S/C18H21NO5/c1-5-22-14(20)13-15(23-6-2)24-18(12-10-8-7-9-11-12)17(13,3)16(21)19(18)4/h7-11H,5-6H2,1-4H3/t17-,18-/m1/s1. The van der Waals surface area contributed by atoms with E-state index in [4.69, 9.17) is 14.2 Å². The molecular formula is C18H21NO5. The average Bonchev–Trinajstić information content (AvgIpc) is 2.83. The minimum absolute atomic E-state index is 0.0694. The number of hydrogen-bond acceptors (Lipinski definition) is 5. The fourth-order valence-electron chi connectivity index (χ4n) is 3.67. The van der Waals surface area contributed by atoms with Crippen molar-refractivity contribution >= 4 is 11.9 Å². The van der Waals surface area contributed by atoms with E-state index in [1.54, 1.807) is 27.8 Å². The van der Waals surface area contributed by atoms with Gasteiger partial charge in [0.1, 0.15) is 11.0 Å². The van der Waals surface area contributed by atoms with Crippen LogP contribution in [0.25, 0.3) is 0 Å². The van der Waals surface area contributed by atoms with Gasteiger partial charge in [0.05, 0.1) is 13.2 Å². The largest absolute Gasteiger partial charge is 0.465 e. The molecule has 0 unspecified atom stereocenters. The number of nitrogens with zero attached hydrogens (tertiary/aromatic N) is 1. The van der Waals surface area contributed by atoms with Gasteiger partial charge in [-0.3, -0.25) is 4.79 Å². The molecule has 1 saturated heterocycles. The van der Waals surface area contributed by atoms with Gasteiger partial charge in [-0.25, -0.2) is 4.79 Å². The first-order chi connectivity index (χ1) is 11.4. The number of esters is 1. The number of rotatable bonds is 5. The van der Waals surface area contributed by atoms with Crippen LogP contribution in [0.3, 0.4) is 0 Å². The zero-order valence-electron chi connectivity index (χ0n) is 14.3. The van der Waals surface area contributed by atoms with Crippen molar-refractivity contribution in [2.24, 2.45) is 5.41 Å². The summed E-state index contributed by atoms with van der Waals surface area (Å²) in [5.41, 5.74) is -1.35. The zero-order chi connectivity index (χ0) is 17.5. The van der Waals surface area contributed by atoms with E-state index in [9.17, 15) is 9.59 Å². The number of ether oxygens (including phenoxy) is 3. The molecular weight excluding hydrogens is 310 g/mol. The summed E-state index contributed by atoms with van der Waals surface area (Å²) in [6.45, 7) is 5.75. The molecule has 3 rings (SSSR count). The molecule has 1 aromatic rings. The second-order valence-corrected chi connectivity index (χ2v) is 5.92. The molecule has 2 aliphatic heterocycles. The summed E-state index contributed by atoms with van der Waals surface area (Å²) in [6, 6.07) is 9.37. The van der Waals surface area contributed by atoms with Crippen molar-refractivity contribution in [3.05, 3.63) is 47.4 Å². The molecule has 2 heterocycles. The monoisotopic (exact) mass is 331 g/mol. The molecule has 0 N–H and O–H groups in total. The van der Waals surface area contributed by atoms with Gasteiger partial charge >= 0.3 is 5.97 Å². The lowest BCUT2D eigenvalue weighted by Gasteiger charge is -2.57. The highest BCUT2D eigenvalue weighted by molar-refractivity contribution is 6.06. The molecule has 1 amide bonds. The number of β-lactam (4-membered cyclic amide) rings is 1. The first kappa shape index (κ1) is 16.4. The molecule has 6 nitrogen and oxygen atoms in total. The highest BCUT2D eigenvalue weighted by Crippen LogP contribution is 2.64. The maximum Gasteiger partial charge on any atom is 0.342 e. The second-order valence-electron chi connectivity index (χ2n) is 5.92. The van der Waals surface area contributed by atoms with Gasteiger partial charge in [0.15, 0.2) is 0 Å². The van der Waals surface area contributed by atoms with Gasteiger partial charge in [-0.1, -0.05) is 30.3 Å². The van der Waals surface area contributed by atoms with Crippen LogP contribution in [0.2, 0.25) is 0 Å². The third-order valence-electron chi connectivity index (χ3n) is 4.75. The van der Waals surface area contributed by atoms with Crippen LogP contribution in [0.1, 0.15) is 26.3 Å². The highest BCUT2D eigenvalue weighted by atomic mass is 16.7. The Kier molecular flexibility index (Phi) is 3.78. The Balaban J connectivity index is 2.17. The van der Waals surface area contributed by atoms with Crippen molar-refractivity contribution in [1.29, 1.82) is 0 Å². The van der Waals surface area contributed by atoms with Crippen LogP contribution in [-0.2, 0) is 29.5 Å². The molecule has 0 saturated carbocycles. The van der Waals surface area contributed by atoms with Crippen molar-refractivity contribution in [2.75, 3.05) is 20.3 Å². The van der Waals surface area contributed by atoms with Gasteiger partial charge in [0.25, 0.3) is 5.95 Å². The lowest BCUT2D eigenvalue weighted by atomic mass is 9.63. The number of fused-ring (bicyclic) bond motifs is 1. The van der Waals surface area contributed by atoms with E-state index in [2.05, 4.69) is 0 Å². The number of carbonyl (C=O) groups excluding carboxylic acids is 2. The predicted molar refractivity (Wildman–Crippen MR) is 85.4 cm³/mol. The van der Waals surface area contributed by atoms with E-state index in [-0.39, 0.29) is 24.0 Å². The van der Waals surface area contributed by atoms with Gasteiger partial charge in [-0.15, -0.1) is 0 Å². The van der Waals surface area contributed by atoms with Gasteiger partial charge in [0, 0.05) is 12.6 Å². The molecule has 0 radical (unpaired) electrons. The van der Waals surface area contributed by atoms with Gasteiger partial charge in [0.2, 0.25) is 11.6 Å². The summed E-state index contributed by atoms with van der Waals surface area (Å²) in [5.74, 6) is -0.716. The summed E-state index contributed by atoms with van der Waals surface area (Å²) < 4.78 is 16.8. The number of benzene rings is 1. The van der Waals surface area contributed by atoms with Crippen LogP contribution in [-0.4, -0.2) is 37.0 Å². The molecule has 6 heteroatoms. The minimum Gasteiger partial charge on any atom is -0.465 e. The molecule has 0 aromatic heterocycles. The minimum atomic E-state index is -1.18. The first-order valence-electron chi connectivity index (χ1n) is 8.02. The van der Waals surface area contributed by atoms with Crippen molar-refractivity contribution in [3.63, 3.8) is 0 Å². The fraction of sp³-hybridized carbons (Fsp3) is 0.444. The van der Waals surface area contributed by atoms with Gasteiger partial charge in [-0.2, -0.15) is 0 Å². The van der Waals surface area contributed by atoms with Crippen LogP contribution in [0.4, 0.5) is 0 Å². The fourth-order valence-corrected chi connectivity index (χ4v) is 3.67. The summed E-state index contributed by atoms with van der Waals surface area (Å²) in [7, 11) is 1.66. The summed E-state index contributed by atoms with van der Waals surface area (Å²) in [6.07, 6.45) is 0. The SMILES string of the molecule is CCOC(=O)C1=C(OCC)O[C@@]2(c3ccccc3)N(C)C(=O)[C@@]12C. The highest BCUT2D eigenvalue weighted by Gasteiger charge is 2.78. The summed E-state index contributed by atoms with van der Waals surface area (Å²) >= 11 is 0. The normalized spacial score (nSPS) is 28.2. The summed E-state index contributed by atoms with van der Waals surface area (Å²) in [5, 5.41) is 0. The smallest absolute Gasteiger partial charge is 0.342 e. The lowest BCUT2D eigenvalue weighted by molar-refractivity contribution is -0.248. The molecule has 0 bridgehead atoms. The third kappa shape index (κ3) is 1.76. The Morgan fingerprint density at radius 2 is 1.88 bits per heavy atom.